The Kier molecular flexibility index (Phi) is 5.99. The molecule has 0 spiro atoms. The summed E-state index contributed by atoms with van der Waals surface area (Å²) < 4.78 is 6.08. The van der Waals surface area contributed by atoms with E-state index >= 15 is 0 Å². The normalized spacial score (nSPS) is 16.5. The molecule has 5 heteroatoms. The number of ether oxygens (including phenoxy) is 1. The highest BCUT2D eigenvalue weighted by molar-refractivity contribution is 9.10. The topological polar surface area (TPSA) is 46.6 Å². The van der Waals surface area contributed by atoms with Crippen LogP contribution in [0.15, 0.2) is 45.6 Å². The summed E-state index contributed by atoms with van der Waals surface area (Å²) in [7, 11) is 0. The van der Waals surface area contributed by atoms with Crippen LogP contribution >= 0.6 is 15.9 Å². The summed E-state index contributed by atoms with van der Waals surface area (Å²) in [6, 6.07) is 7.61. The van der Waals surface area contributed by atoms with E-state index in [9.17, 15) is 9.59 Å². The first-order valence-corrected chi connectivity index (χ1v) is 8.82. The van der Waals surface area contributed by atoms with Crippen LogP contribution in [-0.2, 0) is 14.3 Å². The van der Waals surface area contributed by atoms with Gasteiger partial charge in [0.15, 0.2) is 0 Å². The van der Waals surface area contributed by atoms with Crippen molar-refractivity contribution in [1.82, 2.24) is 4.90 Å². The minimum Gasteiger partial charge on any atom is -0.462 e. The van der Waals surface area contributed by atoms with E-state index < -0.39 is 5.97 Å². The van der Waals surface area contributed by atoms with Gasteiger partial charge in [-0.2, -0.15) is 0 Å². The van der Waals surface area contributed by atoms with Crippen molar-refractivity contribution in [2.45, 2.75) is 27.7 Å². The zero-order valence-corrected chi connectivity index (χ0v) is 16.0. The molecule has 1 heterocycles. The van der Waals surface area contributed by atoms with E-state index in [0.717, 1.165) is 10.0 Å². The van der Waals surface area contributed by atoms with Crippen LogP contribution in [0.25, 0.3) is 6.08 Å². The average molecular weight is 392 g/mol. The fraction of sp³-hybridized carbons (Fsp3) is 0.368. The number of carbonyl (C=O) groups is 2. The molecule has 0 aliphatic carbocycles. The van der Waals surface area contributed by atoms with Gasteiger partial charge in [-0.15, -0.1) is 0 Å². The zero-order chi connectivity index (χ0) is 17.9. The molecule has 0 saturated carbocycles. The number of allylic oxidation sites excluding steroid dienone is 1. The molecule has 0 saturated heterocycles. The fourth-order valence-electron chi connectivity index (χ4n) is 2.68. The second kappa shape index (κ2) is 7.79. The number of rotatable bonds is 5. The lowest BCUT2D eigenvalue weighted by atomic mass is 10.0. The third-order valence-corrected chi connectivity index (χ3v) is 4.19. The first kappa shape index (κ1) is 18.5. The number of hydrogen-bond donors (Lipinski definition) is 0. The molecule has 0 bridgehead atoms. The summed E-state index contributed by atoms with van der Waals surface area (Å²) in [5.74, 6) is -0.294. The van der Waals surface area contributed by atoms with E-state index in [1.807, 2.05) is 38.1 Å². The minimum absolute atomic E-state index is 0.149. The first-order chi connectivity index (χ1) is 11.3. The van der Waals surface area contributed by atoms with Crippen LogP contribution < -0.4 is 0 Å². The molecule has 128 valence electrons. The molecule has 0 unspecified atom stereocenters. The Balaban J connectivity index is 2.51. The van der Waals surface area contributed by atoms with Crippen LogP contribution in [0.4, 0.5) is 0 Å². The Morgan fingerprint density at radius 3 is 2.67 bits per heavy atom. The predicted octanol–water partition coefficient (Wildman–Crippen LogP) is 4.17. The highest BCUT2D eigenvalue weighted by atomic mass is 79.9. The number of carbonyl (C=O) groups excluding carboxylic acids is 2. The fourth-order valence-corrected chi connectivity index (χ4v) is 3.09. The number of esters is 1. The van der Waals surface area contributed by atoms with Gasteiger partial charge in [0.25, 0.3) is 5.91 Å². The quantitative estimate of drug-likeness (QED) is 0.558. The highest BCUT2D eigenvalue weighted by Crippen LogP contribution is 2.32. The third-order valence-electron chi connectivity index (χ3n) is 3.70. The second-order valence-electron chi connectivity index (χ2n) is 6.10. The molecule has 1 aromatic rings. The smallest absolute Gasteiger partial charge is 0.340 e. The molecule has 2 rings (SSSR count). The van der Waals surface area contributed by atoms with Gasteiger partial charge in [-0.1, -0.05) is 41.9 Å². The van der Waals surface area contributed by atoms with Crippen LogP contribution in [0.1, 0.15) is 33.3 Å². The van der Waals surface area contributed by atoms with Crippen molar-refractivity contribution in [3.8, 4) is 0 Å². The Morgan fingerprint density at radius 2 is 2.08 bits per heavy atom. The molecule has 0 atom stereocenters. The summed E-state index contributed by atoms with van der Waals surface area (Å²) in [5.41, 5.74) is 2.27. The zero-order valence-electron chi connectivity index (χ0n) is 14.4. The van der Waals surface area contributed by atoms with Crippen LogP contribution in [0.5, 0.6) is 0 Å². The van der Waals surface area contributed by atoms with Gasteiger partial charge in [0, 0.05) is 16.7 Å². The van der Waals surface area contributed by atoms with Crippen molar-refractivity contribution in [1.29, 1.82) is 0 Å². The van der Waals surface area contributed by atoms with Crippen LogP contribution in [-0.4, -0.2) is 29.9 Å². The van der Waals surface area contributed by atoms with Crippen LogP contribution in [0.2, 0.25) is 0 Å². The molecule has 0 radical (unpaired) electrons. The summed E-state index contributed by atoms with van der Waals surface area (Å²) in [4.78, 5) is 26.9. The Morgan fingerprint density at radius 1 is 1.38 bits per heavy atom. The molecular formula is C19H22BrNO3. The van der Waals surface area contributed by atoms with Crippen LogP contribution in [0, 0.1) is 5.92 Å². The summed E-state index contributed by atoms with van der Waals surface area (Å²) in [6.07, 6.45) is 1.75. The Bertz CT molecular complexity index is 719. The second-order valence-corrected chi connectivity index (χ2v) is 7.02. The van der Waals surface area contributed by atoms with E-state index in [1.54, 1.807) is 24.8 Å². The maximum Gasteiger partial charge on any atom is 0.340 e. The number of amides is 1. The van der Waals surface area contributed by atoms with E-state index in [2.05, 4.69) is 15.9 Å². The third kappa shape index (κ3) is 3.96. The van der Waals surface area contributed by atoms with Gasteiger partial charge < -0.3 is 9.64 Å². The number of nitrogens with zero attached hydrogens (tertiary/aromatic N) is 1. The number of benzene rings is 1. The highest BCUT2D eigenvalue weighted by Gasteiger charge is 2.37. The van der Waals surface area contributed by atoms with Crippen LogP contribution in [0.3, 0.4) is 0 Å². The molecule has 24 heavy (non-hydrogen) atoms. The molecule has 0 aromatic heterocycles. The average Bonchev–Trinajstić information content (AvgIpc) is 2.72. The molecule has 1 aliphatic rings. The molecule has 1 aliphatic heterocycles. The summed E-state index contributed by atoms with van der Waals surface area (Å²) in [6.45, 7) is 8.49. The summed E-state index contributed by atoms with van der Waals surface area (Å²) in [5, 5.41) is 0. The van der Waals surface area contributed by atoms with Gasteiger partial charge in [0.1, 0.15) is 0 Å². The van der Waals surface area contributed by atoms with Crippen molar-refractivity contribution in [3.63, 3.8) is 0 Å². The number of halogens is 1. The van der Waals surface area contributed by atoms with Gasteiger partial charge in [-0.05, 0) is 43.5 Å². The first-order valence-electron chi connectivity index (χ1n) is 8.02. The van der Waals surface area contributed by atoms with E-state index in [1.165, 1.54) is 0 Å². The molecular weight excluding hydrogens is 370 g/mol. The Labute approximate surface area is 151 Å². The summed E-state index contributed by atoms with van der Waals surface area (Å²) >= 11 is 3.42. The molecule has 1 aromatic carbocycles. The van der Waals surface area contributed by atoms with E-state index in [4.69, 9.17) is 4.74 Å². The Hall–Kier alpha value is -1.88. The SMILES string of the molecule is CCOC(=O)C1=C(C)N(CC(C)C)C(=O)/C1=C\c1cccc(Br)c1. The van der Waals surface area contributed by atoms with Crippen molar-refractivity contribution in [2.75, 3.05) is 13.2 Å². The maximum atomic E-state index is 12.9. The monoisotopic (exact) mass is 391 g/mol. The van der Waals surface area contributed by atoms with E-state index in [0.29, 0.717) is 29.3 Å². The maximum absolute atomic E-state index is 12.9. The molecule has 4 nitrogen and oxygen atoms in total. The van der Waals surface area contributed by atoms with Crippen molar-refractivity contribution in [2.24, 2.45) is 5.92 Å². The minimum atomic E-state index is -0.448. The van der Waals surface area contributed by atoms with Gasteiger partial charge in [-0.25, -0.2) is 4.79 Å². The molecule has 0 fully saturated rings. The van der Waals surface area contributed by atoms with E-state index in [-0.39, 0.29) is 12.5 Å². The van der Waals surface area contributed by atoms with Gasteiger partial charge in [0.2, 0.25) is 0 Å². The predicted molar refractivity (Wildman–Crippen MR) is 98.0 cm³/mol. The molecule has 1 amide bonds. The van der Waals surface area contributed by atoms with Gasteiger partial charge >= 0.3 is 5.97 Å². The van der Waals surface area contributed by atoms with Gasteiger partial charge in [-0.3, -0.25) is 4.79 Å². The number of hydrogen-bond acceptors (Lipinski definition) is 3. The molecule has 0 N–H and O–H groups in total. The lowest BCUT2D eigenvalue weighted by Crippen LogP contribution is -2.28. The largest absolute Gasteiger partial charge is 0.462 e. The van der Waals surface area contributed by atoms with Crippen molar-refractivity contribution >= 4 is 33.9 Å². The lowest BCUT2D eigenvalue weighted by Gasteiger charge is -2.19. The standard InChI is InChI=1S/C19H22BrNO3/c1-5-24-19(23)17-13(4)21(11-12(2)3)18(22)16(17)10-14-7-6-8-15(20)9-14/h6-10,12H,5,11H2,1-4H3/b16-10-. The lowest BCUT2D eigenvalue weighted by molar-refractivity contribution is -0.138. The van der Waals surface area contributed by atoms with Crippen molar-refractivity contribution < 1.29 is 14.3 Å². The van der Waals surface area contributed by atoms with Gasteiger partial charge in [0.05, 0.1) is 17.8 Å². The van der Waals surface area contributed by atoms with Crippen molar-refractivity contribution in [3.05, 3.63) is 51.1 Å².